The van der Waals surface area contributed by atoms with E-state index in [4.69, 9.17) is 14.2 Å². The first kappa shape index (κ1) is 46.2. The third-order valence-corrected chi connectivity index (χ3v) is 7.41. The molecule has 8 nitrogen and oxygen atoms in total. The Balaban J connectivity index is 4.56. The smallest absolute Gasteiger partial charge is 0.306 e. The number of likely N-dealkylation sites (N-methyl/N-ethyl adjacent to an activating group) is 1. The molecule has 0 saturated carbocycles. The van der Waals surface area contributed by atoms with Gasteiger partial charge in [0, 0.05) is 19.3 Å². The second-order valence-electron chi connectivity index (χ2n) is 12.9. The molecule has 0 N–H and O–H groups in total. The number of unbranched alkanes of at least 4 members (excludes halogenated alkanes) is 6. The average molecular weight is 696 g/mol. The highest BCUT2D eigenvalue weighted by Crippen LogP contribution is 2.10. The lowest BCUT2D eigenvalue weighted by molar-refractivity contribution is -0.889. The second-order valence-corrected chi connectivity index (χ2v) is 12.9. The number of allylic oxidation sites excluding steroid dienone is 16. The van der Waals surface area contributed by atoms with Crippen molar-refractivity contribution >= 4 is 17.9 Å². The molecule has 0 rings (SSSR count). The minimum Gasteiger partial charge on any atom is -0.544 e. The van der Waals surface area contributed by atoms with Crippen LogP contribution in [0.4, 0.5) is 0 Å². The lowest BCUT2D eigenvalue weighted by Crippen LogP contribution is -2.55. The average Bonchev–Trinajstić information content (AvgIpc) is 3.06. The molecule has 8 heteroatoms. The molecule has 0 heterocycles. The van der Waals surface area contributed by atoms with Gasteiger partial charge in [0.15, 0.2) is 6.10 Å². The molecular weight excluding hydrogens is 630 g/mol. The van der Waals surface area contributed by atoms with Gasteiger partial charge in [0.05, 0.1) is 40.3 Å². The topological polar surface area (TPSA) is 102 Å². The minimum absolute atomic E-state index is 0.00287. The Bertz CT molecular complexity index is 1140. The van der Waals surface area contributed by atoms with Crippen molar-refractivity contribution in [2.75, 3.05) is 41.0 Å². The van der Waals surface area contributed by atoms with E-state index in [9.17, 15) is 19.5 Å². The zero-order valence-electron chi connectivity index (χ0n) is 31.5. The predicted octanol–water partition coefficient (Wildman–Crippen LogP) is 7.84. The Morgan fingerprint density at radius 3 is 1.76 bits per heavy atom. The van der Waals surface area contributed by atoms with Gasteiger partial charge in [0.25, 0.3) is 0 Å². The summed E-state index contributed by atoms with van der Waals surface area (Å²) in [5, 5.41) is 11.5. The van der Waals surface area contributed by atoms with Gasteiger partial charge in [-0.25, -0.2) is 0 Å². The molecule has 0 radical (unpaired) electrons. The summed E-state index contributed by atoms with van der Waals surface area (Å²) < 4.78 is 16.9. The van der Waals surface area contributed by atoms with E-state index in [1.54, 1.807) is 21.1 Å². The molecule has 0 fully saturated rings. The predicted molar refractivity (Wildman–Crippen MR) is 203 cm³/mol. The summed E-state index contributed by atoms with van der Waals surface area (Å²) in [6, 6.07) is -0.743. The Kier molecular flexibility index (Phi) is 30.0. The lowest BCUT2D eigenvalue weighted by Gasteiger charge is -2.34. The fourth-order valence-electron chi connectivity index (χ4n) is 4.54. The van der Waals surface area contributed by atoms with Crippen molar-refractivity contribution in [1.29, 1.82) is 0 Å². The minimum atomic E-state index is -1.14. The highest BCUT2D eigenvalue weighted by atomic mass is 16.6. The van der Waals surface area contributed by atoms with E-state index in [1.807, 2.05) is 79.0 Å². The van der Waals surface area contributed by atoms with Crippen molar-refractivity contribution in [3.8, 4) is 0 Å². The molecule has 0 aliphatic heterocycles. The van der Waals surface area contributed by atoms with Crippen LogP contribution in [-0.4, -0.2) is 75.5 Å². The SMILES string of the molecule is CC/C=C/C=C/C=C/C=C/C=C/C=C/C=C/CCCCCC(=O)OC(COCCC(C(=O)[O-])[N+](C)(C)C)COC(=O)CC/C=C/CCCCC. The molecular formula is C42H65NO7. The molecule has 0 spiro atoms. The number of hydrogen-bond donors (Lipinski definition) is 0. The molecule has 0 aromatic heterocycles. The zero-order chi connectivity index (χ0) is 37.1. The highest BCUT2D eigenvalue weighted by molar-refractivity contribution is 5.70. The quantitative estimate of drug-likeness (QED) is 0.0248. The molecule has 0 saturated heterocycles. The van der Waals surface area contributed by atoms with E-state index in [1.165, 1.54) is 12.8 Å². The molecule has 2 unspecified atom stereocenters. The number of carbonyl (C=O) groups is 3. The first-order chi connectivity index (χ1) is 24.1. The Hall–Kier alpha value is -3.75. The fourth-order valence-corrected chi connectivity index (χ4v) is 4.54. The maximum atomic E-state index is 12.6. The van der Waals surface area contributed by atoms with Crippen LogP contribution in [0.1, 0.15) is 97.3 Å². The third kappa shape index (κ3) is 30.3. The number of carbonyl (C=O) groups excluding carboxylic acids is 3. The van der Waals surface area contributed by atoms with E-state index in [2.05, 4.69) is 32.1 Å². The molecule has 280 valence electrons. The Morgan fingerprint density at radius 2 is 1.18 bits per heavy atom. The van der Waals surface area contributed by atoms with Crippen LogP contribution in [0.5, 0.6) is 0 Å². The van der Waals surface area contributed by atoms with E-state index in [0.29, 0.717) is 12.8 Å². The monoisotopic (exact) mass is 695 g/mol. The summed E-state index contributed by atoms with van der Waals surface area (Å²) in [5.74, 6) is -1.89. The van der Waals surface area contributed by atoms with Crippen LogP contribution in [-0.2, 0) is 28.6 Å². The van der Waals surface area contributed by atoms with Gasteiger partial charge in [-0.3, -0.25) is 9.59 Å². The maximum absolute atomic E-state index is 12.6. The summed E-state index contributed by atoms with van der Waals surface area (Å²) >= 11 is 0. The van der Waals surface area contributed by atoms with Gasteiger partial charge in [-0.2, -0.15) is 0 Å². The zero-order valence-corrected chi connectivity index (χ0v) is 31.5. The second kappa shape index (κ2) is 32.5. The molecule has 0 bridgehead atoms. The normalized spacial score (nSPS) is 14.2. The van der Waals surface area contributed by atoms with Crippen molar-refractivity contribution in [2.45, 2.75) is 109 Å². The van der Waals surface area contributed by atoms with Crippen molar-refractivity contribution < 1.29 is 38.2 Å². The van der Waals surface area contributed by atoms with Crippen molar-refractivity contribution in [2.24, 2.45) is 0 Å². The lowest BCUT2D eigenvalue weighted by atomic mass is 10.1. The number of quaternary nitrogens is 1. The van der Waals surface area contributed by atoms with Gasteiger partial charge >= 0.3 is 11.9 Å². The third-order valence-electron chi connectivity index (χ3n) is 7.41. The van der Waals surface area contributed by atoms with Gasteiger partial charge in [-0.1, -0.05) is 130 Å². The van der Waals surface area contributed by atoms with Crippen molar-refractivity contribution in [3.63, 3.8) is 0 Å². The molecule has 0 aliphatic rings. The van der Waals surface area contributed by atoms with Crippen LogP contribution in [0.2, 0.25) is 0 Å². The number of hydrogen-bond acceptors (Lipinski definition) is 7. The van der Waals surface area contributed by atoms with E-state index in [-0.39, 0.29) is 55.5 Å². The van der Waals surface area contributed by atoms with Crippen LogP contribution in [0, 0.1) is 0 Å². The summed E-state index contributed by atoms with van der Waals surface area (Å²) in [6.45, 7) is 4.31. The van der Waals surface area contributed by atoms with Crippen LogP contribution in [0.3, 0.4) is 0 Å². The van der Waals surface area contributed by atoms with Gasteiger partial charge in [0.2, 0.25) is 0 Å². The number of aliphatic carboxylic acids is 1. The number of rotatable bonds is 30. The summed E-state index contributed by atoms with van der Waals surface area (Å²) in [4.78, 5) is 36.5. The largest absolute Gasteiger partial charge is 0.544 e. The van der Waals surface area contributed by atoms with Gasteiger partial charge < -0.3 is 28.6 Å². The highest BCUT2D eigenvalue weighted by Gasteiger charge is 2.25. The molecule has 50 heavy (non-hydrogen) atoms. The standard InChI is InChI=1S/C42H65NO7/c1-6-8-10-12-14-15-16-17-18-19-20-21-22-23-24-25-27-29-31-33-41(45)50-38(36-48-35-34-39(42(46)47)43(3,4)5)37-49-40(44)32-30-28-26-13-11-9-7-2/h8,10,12,14-24,26,28,38-39H,6-7,9,11,13,25,27,29-37H2,1-5H3/b10-8+,14-12+,16-15+,18-17+,20-19+,22-21+,24-23+,28-26+. The summed E-state index contributed by atoms with van der Waals surface area (Å²) in [5.41, 5.74) is 0. The van der Waals surface area contributed by atoms with E-state index >= 15 is 0 Å². The molecule has 0 aromatic rings. The number of ether oxygens (including phenoxy) is 3. The molecule has 0 aliphatic carbocycles. The Labute approximate surface area is 303 Å². The summed E-state index contributed by atoms with van der Waals surface area (Å²) in [7, 11) is 5.35. The van der Waals surface area contributed by atoms with Gasteiger partial charge in [0.1, 0.15) is 12.6 Å². The van der Waals surface area contributed by atoms with Crippen LogP contribution in [0.15, 0.2) is 97.2 Å². The van der Waals surface area contributed by atoms with Crippen LogP contribution < -0.4 is 5.11 Å². The summed E-state index contributed by atoms with van der Waals surface area (Å²) in [6.07, 6.45) is 41.7. The number of nitrogens with zero attached hydrogens (tertiary/aromatic N) is 1. The van der Waals surface area contributed by atoms with Gasteiger partial charge in [-0.05, 0) is 44.9 Å². The van der Waals surface area contributed by atoms with E-state index < -0.39 is 18.1 Å². The molecule has 0 amide bonds. The first-order valence-electron chi connectivity index (χ1n) is 18.4. The van der Waals surface area contributed by atoms with Crippen molar-refractivity contribution in [3.05, 3.63) is 97.2 Å². The fraction of sp³-hybridized carbons (Fsp3) is 0.548. The number of carboxylic acid groups (broad SMARTS) is 1. The maximum Gasteiger partial charge on any atom is 0.306 e. The number of esters is 2. The number of carboxylic acids is 1. The van der Waals surface area contributed by atoms with Crippen LogP contribution in [0.25, 0.3) is 0 Å². The Morgan fingerprint density at radius 1 is 0.620 bits per heavy atom. The van der Waals surface area contributed by atoms with Gasteiger partial charge in [-0.15, -0.1) is 0 Å². The van der Waals surface area contributed by atoms with Crippen LogP contribution >= 0.6 is 0 Å². The van der Waals surface area contributed by atoms with E-state index in [0.717, 1.165) is 38.5 Å². The molecule has 0 aromatic carbocycles. The molecule has 2 atom stereocenters. The first-order valence-corrected chi connectivity index (χ1v) is 18.4. The van der Waals surface area contributed by atoms with Crippen molar-refractivity contribution in [1.82, 2.24) is 0 Å².